The van der Waals surface area contributed by atoms with E-state index in [1.54, 1.807) is 11.3 Å². The van der Waals surface area contributed by atoms with E-state index < -0.39 is 22.1 Å². The van der Waals surface area contributed by atoms with Gasteiger partial charge in [0.2, 0.25) is 0 Å². The van der Waals surface area contributed by atoms with Gasteiger partial charge in [-0.1, -0.05) is 77.9 Å². The predicted octanol–water partition coefficient (Wildman–Crippen LogP) is 7.78. The summed E-state index contributed by atoms with van der Waals surface area (Å²) in [6.07, 6.45) is 0. The first-order valence-electron chi connectivity index (χ1n) is 9.37. The molecule has 2 atom stereocenters. The van der Waals surface area contributed by atoms with E-state index in [0.29, 0.717) is 11.1 Å². The fourth-order valence-electron chi connectivity index (χ4n) is 3.33. The maximum absolute atomic E-state index is 12.9. The third-order valence-corrected chi connectivity index (χ3v) is 6.90. The largest absolute Gasteiger partial charge is 0.672 e. The van der Waals surface area contributed by atoms with Crippen molar-refractivity contribution < 1.29 is 25.7 Å². The van der Waals surface area contributed by atoms with Crippen LogP contribution in [0.1, 0.15) is 28.8 Å². The van der Waals surface area contributed by atoms with Gasteiger partial charge in [0.1, 0.15) is 0 Å². The van der Waals surface area contributed by atoms with Crippen molar-refractivity contribution in [3.05, 3.63) is 125 Å². The first-order valence-corrected chi connectivity index (χ1v) is 14.1. The number of hydrogen-bond acceptors (Lipinski definition) is 3. The molecule has 4 aromatic rings. The summed E-state index contributed by atoms with van der Waals surface area (Å²) in [5.41, 5.74) is 10.9. The van der Waals surface area contributed by atoms with Crippen LogP contribution in [0.2, 0.25) is 0 Å². The van der Waals surface area contributed by atoms with E-state index in [2.05, 4.69) is 14.4 Å². The molecule has 1 aromatic heterocycles. The van der Waals surface area contributed by atoms with E-state index in [9.17, 15) is 8.42 Å². The van der Waals surface area contributed by atoms with E-state index in [1.165, 1.54) is 0 Å². The van der Waals surface area contributed by atoms with Crippen LogP contribution in [0.3, 0.4) is 0 Å². The number of halogens is 1. The molecule has 0 radical (unpaired) electrons. The number of thiophene rings is 1. The Morgan fingerprint density at radius 2 is 1.50 bits per heavy atom. The first-order chi connectivity index (χ1) is 15.0. The molecular formula is C24H23ClN2O2RuS2. The van der Waals surface area contributed by atoms with E-state index >= 15 is 0 Å². The van der Waals surface area contributed by atoms with Gasteiger partial charge in [0.25, 0.3) is 0 Å². The quantitative estimate of drug-likeness (QED) is 0.168. The summed E-state index contributed by atoms with van der Waals surface area (Å²) in [4.78, 5) is 0. The monoisotopic (exact) mass is 572 g/mol. The molecular weight excluding hydrogens is 549 g/mol. The minimum Gasteiger partial charge on any atom is -0.672 e. The van der Waals surface area contributed by atoms with E-state index in [1.807, 2.05) is 108 Å². The minimum atomic E-state index is -3.78. The zero-order valence-electron chi connectivity index (χ0n) is 17.3. The predicted molar refractivity (Wildman–Crippen MR) is 133 cm³/mol. The normalized spacial score (nSPS) is 12.8. The van der Waals surface area contributed by atoms with Crippen LogP contribution >= 0.6 is 21.0 Å². The van der Waals surface area contributed by atoms with E-state index in [0.717, 1.165) is 15.6 Å². The number of nitrogens with zero attached hydrogens (tertiary/aromatic N) is 1. The zero-order chi connectivity index (χ0) is 22.3. The molecule has 0 saturated heterocycles. The summed E-state index contributed by atoms with van der Waals surface area (Å²) in [6.45, 7) is 0. The molecule has 4 rings (SSSR count). The van der Waals surface area contributed by atoms with Gasteiger partial charge in [-0.05, 0) is 34.5 Å². The maximum atomic E-state index is 12.9. The standard InChI is InChI=1S/C23H20N2O2S2.CH3.ClH.Ru/c24-22(18-7-3-1-4-8-18)23(19-9-5-2-6-10-19)25-29(26,27)16-17-11-12-21-20(15-17)13-14-28-21;;;/h1-15,22-24H,16H2;1H3;1H;/q-2;-1;;+4/p-1. The average molecular weight is 572 g/mol. The molecule has 8 heteroatoms. The van der Waals surface area contributed by atoms with Gasteiger partial charge >= 0.3 is 27.0 Å². The van der Waals surface area contributed by atoms with E-state index in [4.69, 9.17) is 5.73 Å². The van der Waals surface area contributed by atoms with Gasteiger partial charge in [0.05, 0.1) is 15.8 Å². The van der Waals surface area contributed by atoms with Crippen LogP contribution in [0, 0.1) is 7.43 Å². The Balaban J connectivity index is 0.00000118. The summed E-state index contributed by atoms with van der Waals surface area (Å²) in [6, 6.07) is 24.5. The molecule has 1 N–H and O–H groups in total. The van der Waals surface area contributed by atoms with Crippen molar-refractivity contribution in [2.75, 3.05) is 0 Å². The van der Waals surface area contributed by atoms with Crippen molar-refractivity contribution >= 4 is 41.1 Å². The van der Waals surface area contributed by atoms with Crippen molar-refractivity contribution in [3.8, 4) is 0 Å². The smallest absolute Gasteiger partial charge is 0.0767 e. The van der Waals surface area contributed by atoms with Crippen molar-refractivity contribution in [1.82, 2.24) is 0 Å². The first kappa shape index (κ1) is 26.7. The molecule has 0 amide bonds. The van der Waals surface area contributed by atoms with E-state index in [-0.39, 0.29) is 13.2 Å². The third kappa shape index (κ3) is 6.95. The van der Waals surface area contributed by atoms with Gasteiger partial charge in [-0.2, -0.15) is 0 Å². The number of fused-ring (bicyclic) bond motifs is 1. The van der Waals surface area contributed by atoms with Crippen LogP contribution in [0.25, 0.3) is 20.5 Å². The van der Waals surface area contributed by atoms with Crippen LogP contribution in [0.4, 0.5) is 0 Å². The maximum Gasteiger partial charge on any atom is 0.0767 e. The molecule has 168 valence electrons. The molecule has 2 unspecified atom stereocenters. The molecule has 0 fully saturated rings. The Morgan fingerprint density at radius 1 is 0.906 bits per heavy atom. The number of rotatable bonds is 7. The SMILES string of the molecule is [CH3-].[Cl][Ru+3].[NH-]C(c1ccccc1)C([N-]S(=O)(=O)Cc1ccc2sccc2c1)c1ccccc1. The Hall–Kier alpha value is -1.60. The molecule has 0 saturated carbocycles. The number of benzene rings is 3. The number of nitrogens with one attached hydrogen (secondary N) is 1. The zero-order valence-corrected chi connectivity index (χ0v) is 21.5. The summed E-state index contributed by atoms with van der Waals surface area (Å²) < 4.78 is 31.2. The molecule has 4 nitrogen and oxygen atoms in total. The van der Waals surface area contributed by atoms with Gasteiger partial charge < -0.3 is 17.9 Å². The molecule has 0 bridgehead atoms. The Morgan fingerprint density at radius 3 is 2.12 bits per heavy atom. The van der Waals surface area contributed by atoms with Gasteiger partial charge in [0, 0.05) is 4.70 Å². The molecule has 32 heavy (non-hydrogen) atoms. The summed E-state index contributed by atoms with van der Waals surface area (Å²) >= 11 is 3.45. The molecule has 0 aliphatic heterocycles. The van der Waals surface area contributed by atoms with Gasteiger partial charge in [-0.25, -0.2) is 8.42 Å². The summed E-state index contributed by atoms with van der Waals surface area (Å²) in [5, 5.41) is 3.02. The number of sulfonamides is 1. The molecule has 0 aliphatic rings. The Kier molecular flexibility index (Phi) is 10.5. The second kappa shape index (κ2) is 12.6. The van der Waals surface area contributed by atoms with Crippen molar-refractivity contribution in [3.63, 3.8) is 0 Å². The van der Waals surface area contributed by atoms with Crippen LogP contribution in [0.5, 0.6) is 0 Å². The topological polar surface area (TPSA) is 72.0 Å². The number of hydrogen-bond donors (Lipinski definition) is 0. The van der Waals surface area contributed by atoms with Crippen molar-refractivity contribution in [2.45, 2.75) is 17.8 Å². The van der Waals surface area contributed by atoms with Crippen molar-refractivity contribution in [2.24, 2.45) is 0 Å². The van der Waals surface area contributed by atoms with Gasteiger partial charge in [0.15, 0.2) is 0 Å². The molecule has 0 spiro atoms. The van der Waals surface area contributed by atoms with Gasteiger partial charge in [-0.3, -0.25) is 0 Å². The van der Waals surface area contributed by atoms with Crippen LogP contribution < -0.4 is 0 Å². The average Bonchev–Trinajstić information content (AvgIpc) is 3.27. The van der Waals surface area contributed by atoms with Gasteiger partial charge in [-0.15, -0.1) is 23.4 Å². The molecule has 3 aromatic carbocycles. The summed E-state index contributed by atoms with van der Waals surface area (Å²) in [5.74, 6) is -0.177. The van der Waals surface area contributed by atoms with Crippen LogP contribution in [0.15, 0.2) is 90.3 Å². The third-order valence-electron chi connectivity index (χ3n) is 4.76. The Labute approximate surface area is 208 Å². The second-order valence-corrected chi connectivity index (χ2v) is 9.48. The molecule has 1 heterocycles. The van der Waals surface area contributed by atoms with Crippen LogP contribution in [-0.2, 0) is 33.1 Å². The minimum absolute atomic E-state index is 0. The van der Waals surface area contributed by atoms with Crippen LogP contribution in [-0.4, -0.2) is 8.42 Å². The summed E-state index contributed by atoms with van der Waals surface area (Å²) in [7, 11) is 0.791. The fourth-order valence-corrected chi connectivity index (χ4v) is 5.37. The molecule has 0 aliphatic carbocycles. The fraction of sp³-hybridized carbons (Fsp3) is 0.125. The second-order valence-electron chi connectivity index (χ2n) is 6.87. The Bertz CT molecular complexity index is 1200. The van der Waals surface area contributed by atoms with Crippen molar-refractivity contribution in [1.29, 1.82) is 0 Å².